The van der Waals surface area contributed by atoms with Gasteiger partial charge in [0.15, 0.2) is 0 Å². The highest BCUT2D eigenvalue weighted by Gasteiger charge is 2.48. The average Bonchev–Trinajstić information content (AvgIpc) is 3.21. The fourth-order valence-corrected chi connectivity index (χ4v) is 5.01. The molecule has 5 nitrogen and oxygen atoms in total. The van der Waals surface area contributed by atoms with Gasteiger partial charge in [-0.1, -0.05) is 12.8 Å². The zero-order chi connectivity index (χ0) is 17.2. The van der Waals surface area contributed by atoms with E-state index in [1.165, 1.54) is 19.4 Å². The van der Waals surface area contributed by atoms with Gasteiger partial charge < -0.3 is 9.80 Å². The molecule has 1 saturated carbocycles. The third-order valence-electron chi connectivity index (χ3n) is 6.62. The second kappa shape index (κ2) is 7.01. The Hall–Kier alpha value is -1.12. The van der Waals surface area contributed by atoms with Crippen molar-refractivity contribution < 1.29 is 4.79 Å². The van der Waals surface area contributed by atoms with E-state index < -0.39 is 5.41 Å². The largest absolute Gasteiger partial charge is 0.341 e. The molecule has 3 fully saturated rings. The molecule has 1 amide bonds. The highest BCUT2D eigenvalue weighted by Crippen LogP contribution is 2.42. The van der Waals surface area contributed by atoms with Crippen LogP contribution in [0.2, 0.25) is 0 Å². The second-order valence-electron chi connectivity index (χ2n) is 8.31. The van der Waals surface area contributed by atoms with Crippen molar-refractivity contribution in [3.05, 3.63) is 0 Å². The minimum Gasteiger partial charge on any atom is -0.341 e. The first kappa shape index (κ1) is 17.7. The molecule has 0 aromatic heterocycles. The Morgan fingerprint density at radius 3 is 2.29 bits per heavy atom. The minimum absolute atomic E-state index is 0.121. The van der Waals surface area contributed by atoms with Crippen LogP contribution in [0.4, 0.5) is 0 Å². The molecule has 0 aromatic carbocycles. The Balaban J connectivity index is 1.61. The number of carbonyl (C=O) groups excluding carboxylic acids is 1. The van der Waals surface area contributed by atoms with Gasteiger partial charge in [-0.3, -0.25) is 9.69 Å². The molecule has 0 bridgehead atoms. The summed E-state index contributed by atoms with van der Waals surface area (Å²) in [4.78, 5) is 19.9. The molecule has 24 heavy (non-hydrogen) atoms. The van der Waals surface area contributed by atoms with Gasteiger partial charge in [-0.25, -0.2) is 0 Å². The molecule has 1 spiro atoms. The summed E-state index contributed by atoms with van der Waals surface area (Å²) >= 11 is 0. The Kier molecular flexibility index (Phi) is 5.17. The summed E-state index contributed by atoms with van der Waals surface area (Å²) < 4.78 is 0. The molecule has 3 rings (SSSR count). The smallest absolute Gasteiger partial charge is 0.243 e. The lowest BCUT2D eigenvalue weighted by atomic mass is 9.82. The molecule has 2 saturated heterocycles. The summed E-state index contributed by atoms with van der Waals surface area (Å²) in [6.07, 6.45) is 8.28. The predicted molar refractivity (Wildman–Crippen MR) is 94.4 cm³/mol. The van der Waals surface area contributed by atoms with E-state index in [0.717, 1.165) is 64.7 Å². The predicted octanol–water partition coefficient (Wildman–Crippen LogP) is 2.09. The number of amides is 1. The van der Waals surface area contributed by atoms with E-state index in [9.17, 15) is 10.1 Å². The van der Waals surface area contributed by atoms with E-state index in [4.69, 9.17) is 0 Å². The van der Waals surface area contributed by atoms with Crippen LogP contribution in [-0.4, -0.2) is 73.0 Å². The van der Waals surface area contributed by atoms with Gasteiger partial charge in [-0.05, 0) is 59.2 Å². The van der Waals surface area contributed by atoms with Gasteiger partial charge >= 0.3 is 0 Å². The van der Waals surface area contributed by atoms with Crippen molar-refractivity contribution in [1.82, 2.24) is 14.7 Å². The van der Waals surface area contributed by atoms with E-state index in [0.29, 0.717) is 5.54 Å². The van der Waals surface area contributed by atoms with Crippen LogP contribution in [0.5, 0.6) is 0 Å². The summed E-state index contributed by atoms with van der Waals surface area (Å²) in [7, 11) is 4.26. The summed E-state index contributed by atoms with van der Waals surface area (Å²) in [5.41, 5.74) is -0.396. The summed E-state index contributed by atoms with van der Waals surface area (Å²) in [6, 6.07) is 2.37. The number of rotatable bonds is 4. The molecule has 2 heterocycles. The number of likely N-dealkylation sites (tertiary alicyclic amines) is 2. The molecule has 1 aliphatic carbocycles. The number of hydrogen-bond donors (Lipinski definition) is 0. The van der Waals surface area contributed by atoms with Gasteiger partial charge in [0, 0.05) is 31.7 Å². The molecule has 5 heteroatoms. The minimum atomic E-state index is -0.704. The van der Waals surface area contributed by atoms with E-state index in [-0.39, 0.29) is 5.91 Å². The van der Waals surface area contributed by atoms with Crippen molar-refractivity contribution in [2.24, 2.45) is 5.41 Å². The van der Waals surface area contributed by atoms with Crippen LogP contribution < -0.4 is 0 Å². The maximum atomic E-state index is 12.9. The van der Waals surface area contributed by atoms with E-state index >= 15 is 0 Å². The van der Waals surface area contributed by atoms with Crippen molar-refractivity contribution in [2.75, 3.05) is 46.8 Å². The number of nitrogens with zero attached hydrogens (tertiary/aromatic N) is 4. The third-order valence-corrected chi connectivity index (χ3v) is 6.62. The summed E-state index contributed by atoms with van der Waals surface area (Å²) in [6.45, 7) is 5.09. The molecular formula is C19H32N4O. The Morgan fingerprint density at radius 2 is 1.71 bits per heavy atom. The standard InChI is InChI=1S/C19H32N4O/c1-21(2)14-15-23-11-5-8-19(23)9-12-22(13-10-19)17(24)18(16-20)6-3-4-7-18/h3-15H2,1-2H3. The van der Waals surface area contributed by atoms with E-state index in [1.807, 2.05) is 4.90 Å². The van der Waals surface area contributed by atoms with Gasteiger partial charge in [0.1, 0.15) is 5.41 Å². The van der Waals surface area contributed by atoms with Crippen molar-refractivity contribution in [3.8, 4) is 6.07 Å². The first-order chi connectivity index (χ1) is 11.5. The SMILES string of the molecule is CN(C)CCN1CCCC12CCN(C(=O)C1(C#N)CCCC1)CC2. The van der Waals surface area contributed by atoms with Crippen molar-refractivity contribution >= 4 is 5.91 Å². The van der Waals surface area contributed by atoms with Crippen LogP contribution in [0.1, 0.15) is 51.4 Å². The topological polar surface area (TPSA) is 50.6 Å². The first-order valence-electron chi connectivity index (χ1n) is 9.62. The van der Waals surface area contributed by atoms with E-state index in [2.05, 4.69) is 30.0 Å². The fourth-order valence-electron chi connectivity index (χ4n) is 5.01. The van der Waals surface area contributed by atoms with Crippen molar-refractivity contribution in [3.63, 3.8) is 0 Å². The number of hydrogen-bond acceptors (Lipinski definition) is 4. The van der Waals surface area contributed by atoms with Gasteiger partial charge in [-0.2, -0.15) is 5.26 Å². The lowest BCUT2D eigenvalue weighted by Crippen LogP contribution is -2.56. The summed E-state index contributed by atoms with van der Waals surface area (Å²) in [5.74, 6) is 0.121. The Morgan fingerprint density at radius 1 is 1.04 bits per heavy atom. The molecule has 0 atom stereocenters. The average molecular weight is 332 g/mol. The highest BCUT2D eigenvalue weighted by atomic mass is 16.2. The van der Waals surface area contributed by atoms with Crippen molar-refractivity contribution in [2.45, 2.75) is 56.9 Å². The van der Waals surface area contributed by atoms with Crippen molar-refractivity contribution in [1.29, 1.82) is 5.26 Å². The second-order valence-corrected chi connectivity index (χ2v) is 8.31. The zero-order valence-corrected chi connectivity index (χ0v) is 15.4. The van der Waals surface area contributed by atoms with Gasteiger partial charge in [-0.15, -0.1) is 0 Å². The van der Waals surface area contributed by atoms with Gasteiger partial charge in [0.25, 0.3) is 0 Å². The molecule has 3 aliphatic rings. The molecule has 0 N–H and O–H groups in total. The lowest BCUT2D eigenvalue weighted by Gasteiger charge is -2.46. The normalized spacial score (nSPS) is 26.2. The first-order valence-corrected chi connectivity index (χ1v) is 9.62. The lowest BCUT2D eigenvalue weighted by molar-refractivity contribution is -0.141. The quantitative estimate of drug-likeness (QED) is 0.791. The number of piperidine rings is 1. The van der Waals surface area contributed by atoms with Gasteiger partial charge in [0.05, 0.1) is 6.07 Å². The number of likely N-dealkylation sites (N-methyl/N-ethyl adjacent to an activating group) is 1. The molecule has 0 aromatic rings. The van der Waals surface area contributed by atoms with Crippen LogP contribution >= 0.6 is 0 Å². The van der Waals surface area contributed by atoms with Crippen LogP contribution in [0.3, 0.4) is 0 Å². The monoisotopic (exact) mass is 332 g/mol. The fraction of sp³-hybridized carbons (Fsp3) is 0.895. The zero-order valence-electron chi connectivity index (χ0n) is 15.4. The summed E-state index contributed by atoms with van der Waals surface area (Å²) in [5, 5.41) is 9.58. The maximum absolute atomic E-state index is 12.9. The molecule has 0 unspecified atom stereocenters. The van der Waals surface area contributed by atoms with Gasteiger partial charge in [0.2, 0.25) is 5.91 Å². The van der Waals surface area contributed by atoms with Crippen LogP contribution in [0.15, 0.2) is 0 Å². The van der Waals surface area contributed by atoms with Crippen LogP contribution in [-0.2, 0) is 4.79 Å². The van der Waals surface area contributed by atoms with Crippen LogP contribution in [0, 0.1) is 16.7 Å². The number of carbonyl (C=O) groups is 1. The molecule has 0 radical (unpaired) electrons. The van der Waals surface area contributed by atoms with E-state index in [1.54, 1.807) is 0 Å². The molecule has 2 aliphatic heterocycles. The Bertz CT molecular complexity index is 496. The third kappa shape index (κ3) is 3.19. The Labute approximate surface area is 146 Å². The molecular weight excluding hydrogens is 300 g/mol. The molecule has 134 valence electrons. The van der Waals surface area contributed by atoms with Crippen LogP contribution in [0.25, 0.3) is 0 Å². The highest BCUT2D eigenvalue weighted by molar-refractivity contribution is 5.86. The maximum Gasteiger partial charge on any atom is 0.243 e. The number of nitriles is 1.